The molecule has 0 heterocycles. The van der Waals surface area contributed by atoms with Gasteiger partial charge in [0.15, 0.2) is 0 Å². The van der Waals surface area contributed by atoms with Crippen LogP contribution in [-0.4, -0.2) is 0 Å². The fourth-order valence-corrected chi connectivity index (χ4v) is 2.98. The smallest absolute Gasteiger partial charge is 0.300 e. The monoisotopic (exact) mass is 355 g/mol. The van der Waals surface area contributed by atoms with Crippen molar-refractivity contribution in [2.24, 2.45) is 0 Å². The first-order valence-corrected chi connectivity index (χ1v) is 8.48. The highest BCUT2D eigenvalue weighted by atomic mass is 19.4. The summed E-state index contributed by atoms with van der Waals surface area (Å²) in [5.41, 5.74) is 2.40. The van der Waals surface area contributed by atoms with E-state index in [4.69, 9.17) is 0 Å². The number of rotatable bonds is 5. The van der Waals surface area contributed by atoms with Crippen LogP contribution in [0, 0.1) is 0 Å². The minimum atomic E-state index is -4.31. The molecular weight excluding hydrogens is 335 g/mol. The molecule has 3 rings (SSSR count). The SMILES string of the molecule is C[C@@H](NC(c1ccccc1)c1ccccc1)c1ccc(C(F)(F)F)cc1. The fourth-order valence-electron chi connectivity index (χ4n) is 2.98. The average Bonchev–Trinajstić information content (AvgIpc) is 2.67. The third-order valence-electron chi connectivity index (χ3n) is 4.42. The maximum absolute atomic E-state index is 12.8. The zero-order valence-corrected chi connectivity index (χ0v) is 14.4. The molecule has 0 fully saturated rings. The van der Waals surface area contributed by atoms with Gasteiger partial charge < -0.3 is 0 Å². The largest absolute Gasteiger partial charge is 0.416 e. The number of hydrogen-bond acceptors (Lipinski definition) is 1. The number of hydrogen-bond donors (Lipinski definition) is 1. The van der Waals surface area contributed by atoms with Crippen LogP contribution < -0.4 is 5.32 Å². The molecule has 3 aromatic rings. The molecule has 0 aromatic heterocycles. The third kappa shape index (κ3) is 4.33. The minimum absolute atomic E-state index is 0.0466. The maximum atomic E-state index is 12.8. The summed E-state index contributed by atoms with van der Waals surface area (Å²) >= 11 is 0. The van der Waals surface area contributed by atoms with Crippen molar-refractivity contribution in [3.05, 3.63) is 107 Å². The first-order chi connectivity index (χ1) is 12.4. The third-order valence-corrected chi connectivity index (χ3v) is 4.42. The predicted octanol–water partition coefficient (Wildman–Crippen LogP) is 6.15. The first-order valence-electron chi connectivity index (χ1n) is 8.48. The van der Waals surface area contributed by atoms with E-state index in [9.17, 15) is 13.2 Å². The van der Waals surface area contributed by atoms with Gasteiger partial charge in [-0.25, -0.2) is 0 Å². The van der Waals surface area contributed by atoms with E-state index >= 15 is 0 Å². The van der Waals surface area contributed by atoms with E-state index in [1.165, 1.54) is 12.1 Å². The Morgan fingerprint density at radius 2 is 1.12 bits per heavy atom. The fraction of sp³-hybridized carbons (Fsp3) is 0.182. The van der Waals surface area contributed by atoms with Gasteiger partial charge in [0.05, 0.1) is 11.6 Å². The molecule has 1 N–H and O–H groups in total. The lowest BCUT2D eigenvalue weighted by molar-refractivity contribution is -0.137. The van der Waals surface area contributed by atoms with Gasteiger partial charge in [0.2, 0.25) is 0 Å². The van der Waals surface area contributed by atoms with Crippen LogP contribution in [0.25, 0.3) is 0 Å². The summed E-state index contributed by atoms with van der Waals surface area (Å²) in [5.74, 6) is 0. The van der Waals surface area contributed by atoms with Crippen molar-refractivity contribution in [1.29, 1.82) is 0 Å². The number of alkyl halides is 3. The Bertz CT molecular complexity index is 772. The molecule has 0 bridgehead atoms. The molecule has 0 aliphatic rings. The molecule has 0 unspecified atom stereocenters. The molecule has 0 spiro atoms. The van der Waals surface area contributed by atoms with Gasteiger partial charge in [-0.15, -0.1) is 0 Å². The first kappa shape index (κ1) is 18.2. The van der Waals surface area contributed by atoms with E-state index in [2.05, 4.69) is 5.32 Å². The van der Waals surface area contributed by atoms with Crippen LogP contribution in [0.1, 0.15) is 41.3 Å². The molecule has 0 saturated carbocycles. The predicted molar refractivity (Wildman–Crippen MR) is 97.7 cm³/mol. The Kier molecular flexibility index (Phi) is 5.43. The summed E-state index contributed by atoms with van der Waals surface area (Å²) in [6, 6.07) is 25.2. The van der Waals surface area contributed by atoms with Gasteiger partial charge in [0.1, 0.15) is 0 Å². The quantitative estimate of drug-likeness (QED) is 0.579. The Hall–Kier alpha value is -2.59. The van der Waals surface area contributed by atoms with Crippen LogP contribution in [0.2, 0.25) is 0 Å². The zero-order chi connectivity index (χ0) is 18.6. The summed E-state index contributed by atoms with van der Waals surface area (Å²) in [4.78, 5) is 0. The van der Waals surface area contributed by atoms with E-state index in [0.29, 0.717) is 0 Å². The molecule has 3 aromatic carbocycles. The second-order valence-corrected chi connectivity index (χ2v) is 6.26. The lowest BCUT2D eigenvalue weighted by Crippen LogP contribution is -2.25. The zero-order valence-electron chi connectivity index (χ0n) is 14.4. The van der Waals surface area contributed by atoms with Gasteiger partial charge in [-0.1, -0.05) is 72.8 Å². The molecule has 26 heavy (non-hydrogen) atoms. The van der Waals surface area contributed by atoms with Crippen LogP contribution in [-0.2, 0) is 6.18 Å². The Labute approximate surface area is 151 Å². The van der Waals surface area contributed by atoms with E-state index in [-0.39, 0.29) is 12.1 Å². The lowest BCUT2D eigenvalue weighted by atomic mass is 9.96. The van der Waals surface area contributed by atoms with Gasteiger partial charge in [0, 0.05) is 6.04 Å². The number of halogens is 3. The van der Waals surface area contributed by atoms with Gasteiger partial charge in [-0.2, -0.15) is 13.2 Å². The lowest BCUT2D eigenvalue weighted by Gasteiger charge is -2.25. The highest BCUT2D eigenvalue weighted by Crippen LogP contribution is 2.31. The van der Waals surface area contributed by atoms with Crippen LogP contribution in [0.5, 0.6) is 0 Å². The Balaban J connectivity index is 1.85. The number of benzene rings is 3. The van der Waals surface area contributed by atoms with E-state index in [1.807, 2.05) is 67.6 Å². The molecule has 0 aliphatic heterocycles. The number of nitrogens with one attached hydrogen (secondary N) is 1. The maximum Gasteiger partial charge on any atom is 0.416 e. The van der Waals surface area contributed by atoms with Crippen molar-refractivity contribution >= 4 is 0 Å². The molecule has 1 atom stereocenters. The van der Waals surface area contributed by atoms with Crippen molar-refractivity contribution < 1.29 is 13.2 Å². The highest BCUT2D eigenvalue weighted by Gasteiger charge is 2.30. The molecule has 0 saturated heterocycles. The van der Waals surface area contributed by atoms with Crippen molar-refractivity contribution in [1.82, 2.24) is 5.32 Å². The van der Waals surface area contributed by atoms with Crippen molar-refractivity contribution in [3.63, 3.8) is 0 Å². The minimum Gasteiger partial charge on any atom is -0.300 e. The van der Waals surface area contributed by atoms with Crippen molar-refractivity contribution in [3.8, 4) is 0 Å². The van der Waals surface area contributed by atoms with Crippen LogP contribution in [0.4, 0.5) is 13.2 Å². The van der Waals surface area contributed by atoms with Gasteiger partial charge in [-0.3, -0.25) is 5.32 Å². The molecule has 4 heteroatoms. The normalized spacial score (nSPS) is 13.0. The molecule has 0 amide bonds. The Morgan fingerprint density at radius 3 is 1.54 bits per heavy atom. The van der Waals surface area contributed by atoms with Crippen molar-refractivity contribution in [2.75, 3.05) is 0 Å². The van der Waals surface area contributed by atoms with Crippen LogP contribution >= 0.6 is 0 Å². The summed E-state index contributed by atoms with van der Waals surface area (Å²) < 4.78 is 38.3. The molecule has 1 nitrogen and oxygen atoms in total. The van der Waals surface area contributed by atoms with E-state index in [1.54, 1.807) is 0 Å². The molecule has 0 radical (unpaired) electrons. The average molecular weight is 355 g/mol. The topological polar surface area (TPSA) is 12.0 Å². The van der Waals surface area contributed by atoms with E-state index < -0.39 is 11.7 Å². The second kappa shape index (κ2) is 7.75. The molecule has 0 aliphatic carbocycles. The van der Waals surface area contributed by atoms with Crippen LogP contribution in [0.3, 0.4) is 0 Å². The summed E-state index contributed by atoms with van der Waals surface area (Å²) in [6.07, 6.45) is -4.31. The summed E-state index contributed by atoms with van der Waals surface area (Å²) in [6.45, 7) is 1.96. The summed E-state index contributed by atoms with van der Waals surface area (Å²) in [5, 5.41) is 3.54. The Morgan fingerprint density at radius 1 is 0.654 bits per heavy atom. The summed E-state index contributed by atoms with van der Waals surface area (Å²) in [7, 11) is 0. The van der Waals surface area contributed by atoms with Gasteiger partial charge >= 0.3 is 6.18 Å². The van der Waals surface area contributed by atoms with Crippen molar-refractivity contribution in [2.45, 2.75) is 25.2 Å². The van der Waals surface area contributed by atoms with Gasteiger partial charge in [-0.05, 0) is 35.7 Å². The molecular formula is C22H20F3N. The van der Waals surface area contributed by atoms with Gasteiger partial charge in [0.25, 0.3) is 0 Å². The highest BCUT2D eigenvalue weighted by molar-refractivity contribution is 5.33. The van der Waals surface area contributed by atoms with E-state index in [0.717, 1.165) is 28.8 Å². The van der Waals surface area contributed by atoms with Crippen LogP contribution in [0.15, 0.2) is 84.9 Å². The standard InChI is InChI=1S/C22H20F3N/c1-16(17-12-14-20(15-13-17)22(23,24)25)26-21(18-8-4-2-5-9-18)19-10-6-3-7-11-19/h2-16,21,26H,1H3/t16-/m1/s1. The second-order valence-electron chi connectivity index (χ2n) is 6.26. The molecule has 134 valence electrons.